The molecule has 0 saturated carbocycles. The zero-order valence-electron chi connectivity index (χ0n) is 18.1. The van der Waals surface area contributed by atoms with Crippen LogP contribution in [0, 0.1) is 0 Å². The molecule has 0 aliphatic rings. The number of carbonyl (C=O) groups excluding carboxylic acids is 1. The summed E-state index contributed by atoms with van der Waals surface area (Å²) in [5.41, 5.74) is 5.17. The summed E-state index contributed by atoms with van der Waals surface area (Å²) >= 11 is 0. The summed E-state index contributed by atoms with van der Waals surface area (Å²) < 4.78 is 1.85. The predicted octanol–water partition coefficient (Wildman–Crippen LogP) is 4.51. The summed E-state index contributed by atoms with van der Waals surface area (Å²) in [7, 11) is 0. The molecule has 162 valence electrons. The second-order valence-electron chi connectivity index (χ2n) is 7.81. The summed E-state index contributed by atoms with van der Waals surface area (Å²) in [5.74, 6) is -0.136. The van der Waals surface area contributed by atoms with Crippen LogP contribution in [0.25, 0.3) is 22.3 Å². The van der Waals surface area contributed by atoms with E-state index in [1.54, 1.807) is 12.4 Å². The van der Waals surface area contributed by atoms with Gasteiger partial charge in [0.1, 0.15) is 0 Å². The second-order valence-corrected chi connectivity index (χ2v) is 7.81. The number of fused-ring (bicyclic) bond motifs is 1. The molecule has 1 amide bonds. The lowest BCUT2D eigenvalue weighted by molar-refractivity contribution is 0.0955. The maximum absolute atomic E-state index is 13.2. The number of hydrogen-bond donors (Lipinski definition) is 1. The van der Waals surface area contributed by atoms with E-state index in [0.29, 0.717) is 30.7 Å². The number of pyridine rings is 2. The van der Waals surface area contributed by atoms with Gasteiger partial charge in [0.25, 0.3) is 5.91 Å². The number of carbonyl (C=O) groups is 1. The van der Waals surface area contributed by atoms with Gasteiger partial charge < -0.3 is 5.32 Å². The van der Waals surface area contributed by atoms with E-state index >= 15 is 0 Å². The first-order chi connectivity index (χ1) is 16.3. The Balaban J connectivity index is 1.49. The third kappa shape index (κ3) is 4.65. The van der Waals surface area contributed by atoms with E-state index in [-0.39, 0.29) is 5.91 Å². The minimum Gasteiger partial charge on any atom is -0.352 e. The van der Waals surface area contributed by atoms with Crippen molar-refractivity contribution in [2.45, 2.75) is 13.0 Å². The number of nitrogens with one attached hydrogen (secondary N) is 1. The van der Waals surface area contributed by atoms with E-state index in [0.717, 1.165) is 27.8 Å². The van der Waals surface area contributed by atoms with Gasteiger partial charge in [-0.3, -0.25) is 9.78 Å². The molecule has 0 unspecified atom stereocenters. The number of aromatic nitrogens is 4. The minimum atomic E-state index is -0.136. The molecular formula is C27H23N5O. The number of rotatable bonds is 7. The molecule has 2 aromatic carbocycles. The van der Waals surface area contributed by atoms with Gasteiger partial charge in [0, 0.05) is 24.5 Å². The first-order valence-electron chi connectivity index (χ1n) is 10.9. The van der Waals surface area contributed by atoms with Crippen LogP contribution in [-0.4, -0.2) is 32.2 Å². The fraction of sp³-hybridized carbons (Fsp3) is 0.111. The number of benzene rings is 2. The summed E-state index contributed by atoms with van der Waals surface area (Å²) in [6.45, 7) is 1.10. The van der Waals surface area contributed by atoms with Crippen LogP contribution in [0.1, 0.15) is 21.5 Å². The zero-order valence-corrected chi connectivity index (χ0v) is 18.1. The highest BCUT2D eigenvalue weighted by molar-refractivity contribution is 6.06. The van der Waals surface area contributed by atoms with Gasteiger partial charge in [-0.15, -0.1) is 0 Å². The third-order valence-corrected chi connectivity index (χ3v) is 5.52. The molecule has 0 radical (unpaired) electrons. The Bertz CT molecular complexity index is 1370. The lowest BCUT2D eigenvalue weighted by Crippen LogP contribution is -2.26. The third-order valence-electron chi connectivity index (χ3n) is 5.52. The van der Waals surface area contributed by atoms with Gasteiger partial charge in [-0.25, -0.2) is 9.67 Å². The van der Waals surface area contributed by atoms with Crippen LogP contribution in [0.5, 0.6) is 0 Å². The van der Waals surface area contributed by atoms with E-state index in [9.17, 15) is 4.79 Å². The Labute approximate surface area is 192 Å². The second kappa shape index (κ2) is 9.44. The molecule has 0 aliphatic carbocycles. The standard InChI is InChI=1S/C27H23N5O/c33-27(29-15-13-20-10-7-14-28-17-20)23-16-25(22-11-5-2-6-12-22)31-26-24(23)18-30-32(26)19-21-8-3-1-4-9-21/h1-12,14,16-18H,13,15,19H2,(H,29,33). The molecule has 0 saturated heterocycles. The van der Waals surface area contributed by atoms with Gasteiger partial charge in [-0.05, 0) is 29.7 Å². The largest absolute Gasteiger partial charge is 0.352 e. The van der Waals surface area contributed by atoms with Crippen molar-refractivity contribution in [3.8, 4) is 11.3 Å². The van der Waals surface area contributed by atoms with E-state index in [1.807, 2.05) is 77.6 Å². The summed E-state index contributed by atoms with van der Waals surface area (Å²) in [4.78, 5) is 22.2. The summed E-state index contributed by atoms with van der Waals surface area (Å²) in [6, 6.07) is 25.8. The Morgan fingerprint density at radius 3 is 2.39 bits per heavy atom. The Kier molecular flexibility index (Phi) is 5.89. The van der Waals surface area contributed by atoms with Crippen molar-refractivity contribution >= 4 is 16.9 Å². The minimum absolute atomic E-state index is 0.136. The molecule has 0 fully saturated rings. The fourth-order valence-electron chi connectivity index (χ4n) is 3.83. The van der Waals surface area contributed by atoms with Crippen molar-refractivity contribution in [3.05, 3.63) is 114 Å². The molecule has 5 rings (SSSR count). The van der Waals surface area contributed by atoms with Crippen LogP contribution in [-0.2, 0) is 13.0 Å². The molecule has 6 heteroatoms. The lowest BCUT2D eigenvalue weighted by Gasteiger charge is -2.10. The van der Waals surface area contributed by atoms with Crippen molar-refractivity contribution in [3.63, 3.8) is 0 Å². The topological polar surface area (TPSA) is 72.7 Å². The van der Waals surface area contributed by atoms with Crippen molar-refractivity contribution in [1.82, 2.24) is 25.1 Å². The normalized spacial score (nSPS) is 10.9. The van der Waals surface area contributed by atoms with Crippen molar-refractivity contribution in [2.75, 3.05) is 6.54 Å². The van der Waals surface area contributed by atoms with Crippen molar-refractivity contribution in [2.24, 2.45) is 0 Å². The van der Waals surface area contributed by atoms with Crippen LogP contribution in [0.4, 0.5) is 0 Å². The smallest absolute Gasteiger partial charge is 0.252 e. The SMILES string of the molecule is O=C(NCCc1cccnc1)c1cc(-c2ccccc2)nc2c1cnn2Cc1ccccc1. The predicted molar refractivity (Wildman–Crippen MR) is 129 cm³/mol. The zero-order chi connectivity index (χ0) is 22.5. The first kappa shape index (κ1) is 20.6. The lowest BCUT2D eigenvalue weighted by atomic mass is 10.1. The van der Waals surface area contributed by atoms with Gasteiger partial charge >= 0.3 is 0 Å². The summed E-state index contributed by atoms with van der Waals surface area (Å²) in [5, 5.41) is 8.35. The van der Waals surface area contributed by atoms with Crippen LogP contribution in [0.3, 0.4) is 0 Å². The molecule has 0 aliphatic heterocycles. The molecule has 1 N–H and O–H groups in total. The molecule has 5 aromatic rings. The van der Waals surface area contributed by atoms with Crippen LogP contribution < -0.4 is 5.32 Å². The van der Waals surface area contributed by atoms with Gasteiger partial charge in [0.15, 0.2) is 5.65 Å². The average Bonchev–Trinajstić information content (AvgIpc) is 3.28. The molecule has 3 aromatic heterocycles. The maximum atomic E-state index is 13.2. The van der Waals surface area contributed by atoms with Crippen LogP contribution in [0.2, 0.25) is 0 Å². The van der Waals surface area contributed by atoms with Gasteiger partial charge in [-0.2, -0.15) is 5.10 Å². The van der Waals surface area contributed by atoms with E-state index in [4.69, 9.17) is 4.98 Å². The molecule has 33 heavy (non-hydrogen) atoms. The fourth-order valence-corrected chi connectivity index (χ4v) is 3.83. The number of hydrogen-bond acceptors (Lipinski definition) is 4. The molecule has 0 spiro atoms. The molecule has 6 nitrogen and oxygen atoms in total. The van der Waals surface area contributed by atoms with E-state index in [2.05, 4.69) is 27.5 Å². The Morgan fingerprint density at radius 2 is 1.64 bits per heavy atom. The highest BCUT2D eigenvalue weighted by atomic mass is 16.1. The highest BCUT2D eigenvalue weighted by Gasteiger charge is 2.17. The van der Waals surface area contributed by atoms with Crippen molar-refractivity contribution < 1.29 is 4.79 Å². The molecule has 3 heterocycles. The monoisotopic (exact) mass is 433 g/mol. The van der Waals surface area contributed by atoms with E-state index < -0.39 is 0 Å². The maximum Gasteiger partial charge on any atom is 0.252 e. The van der Waals surface area contributed by atoms with Gasteiger partial charge in [0.2, 0.25) is 0 Å². The quantitative estimate of drug-likeness (QED) is 0.410. The van der Waals surface area contributed by atoms with Crippen LogP contribution >= 0.6 is 0 Å². The Morgan fingerprint density at radius 1 is 0.879 bits per heavy atom. The van der Waals surface area contributed by atoms with Crippen LogP contribution in [0.15, 0.2) is 97.5 Å². The molecule has 0 bridgehead atoms. The van der Waals surface area contributed by atoms with Gasteiger partial charge in [-0.1, -0.05) is 66.7 Å². The summed E-state index contributed by atoms with van der Waals surface area (Å²) in [6.07, 6.45) is 6.01. The van der Waals surface area contributed by atoms with Gasteiger partial charge in [0.05, 0.1) is 29.4 Å². The van der Waals surface area contributed by atoms with Crippen molar-refractivity contribution in [1.29, 1.82) is 0 Å². The highest BCUT2D eigenvalue weighted by Crippen LogP contribution is 2.25. The molecular weight excluding hydrogens is 410 g/mol. The first-order valence-corrected chi connectivity index (χ1v) is 10.9. The Hall–Kier alpha value is -4.32. The number of amides is 1. The number of nitrogens with zero attached hydrogens (tertiary/aromatic N) is 4. The average molecular weight is 434 g/mol. The van der Waals surface area contributed by atoms with E-state index in [1.165, 1.54) is 0 Å². The molecule has 0 atom stereocenters.